The fourth-order valence-corrected chi connectivity index (χ4v) is 1.03. The molecule has 3 N–H and O–H groups in total. The largest absolute Gasteiger partial charge is 0.391 e. The molecule has 0 saturated heterocycles. The maximum atomic E-state index is 8.80. The van der Waals surface area contributed by atoms with E-state index >= 15 is 0 Å². The summed E-state index contributed by atoms with van der Waals surface area (Å²) >= 11 is 0. The highest BCUT2D eigenvalue weighted by atomic mass is 16.3. The number of hydrogen-bond acceptors (Lipinski definition) is 3. The van der Waals surface area contributed by atoms with Gasteiger partial charge in [0, 0.05) is 11.1 Å². The van der Waals surface area contributed by atoms with Gasteiger partial charge in [-0.1, -0.05) is 0 Å². The van der Waals surface area contributed by atoms with Crippen LogP contribution in [0.5, 0.6) is 0 Å². The van der Waals surface area contributed by atoms with E-state index < -0.39 is 0 Å². The predicted octanol–water partition coefficient (Wildman–Crippen LogP) is -1.09. The molecule has 1 aromatic heterocycles. The molecule has 0 saturated carbocycles. The van der Waals surface area contributed by atoms with Crippen molar-refractivity contribution in [3.8, 4) is 0 Å². The van der Waals surface area contributed by atoms with Crippen molar-refractivity contribution in [1.82, 2.24) is 0 Å². The Hall–Kier alpha value is -0.970. The smallest absolute Gasteiger partial charge is 0.250 e. The van der Waals surface area contributed by atoms with Gasteiger partial charge in [-0.05, 0) is 6.07 Å². The van der Waals surface area contributed by atoms with Crippen molar-refractivity contribution in [3.05, 3.63) is 29.6 Å². The Balaban J connectivity index is 3.01. The van der Waals surface area contributed by atoms with E-state index in [1.54, 1.807) is 18.5 Å². The van der Waals surface area contributed by atoms with E-state index in [2.05, 4.69) is 0 Å². The second-order valence-corrected chi connectivity index (χ2v) is 2.52. The molecule has 0 aliphatic heterocycles. The lowest BCUT2D eigenvalue weighted by Crippen LogP contribution is -2.34. The van der Waals surface area contributed by atoms with E-state index in [0.717, 1.165) is 0 Å². The zero-order valence-corrected chi connectivity index (χ0v) is 6.64. The number of pyridine rings is 1. The average Bonchev–Trinajstić information content (AvgIpc) is 2.16. The second-order valence-electron chi connectivity index (χ2n) is 2.52. The number of nitrogens with zero attached hydrogens (tertiary/aromatic N) is 1. The molecule has 0 aliphatic rings. The first-order chi connectivity index (χ1) is 5.80. The molecule has 0 aliphatic carbocycles. The highest BCUT2D eigenvalue weighted by Gasteiger charge is 2.04. The second kappa shape index (κ2) is 4.15. The molecule has 1 aromatic rings. The van der Waals surface area contributed by atoms with E-state index in [1.807, 2.05) is 0 Å². The Labute approximate surface area is 70.3 Å². The summed E-state index contributed by atoms with van der Waals surface area (Å²) < 4.78 is 1.50. The molecule has 0 aromatic carbocycles. The standard InChI is InChI=1S/C8H12NO3/c10-4-7-1-8(5-11)3-9(2-7)6-12/h1-3,10-12H,4-6H2/q+1. The molecule has 0 radical (unpaired) electrons. The van der Waals surface area contributed by atoms with Crippen LogP contribution in [0.2, 0.25) is 0 Å². The first kappa shape index (κ1) is 9.12. The third kappa shape index (κ3) is 2.01. The first-order valence-corrected chi connectivity index (χ1v) is 3.64. The topological polar surface area (TPSA) is 64.6 Å². The molecule has 12 heavy (non-hydrogen) atoms. The molecule has 0 unspecified atom stereocenters. The maximum Gasteiger partial charge on any atom is 0.250 e. The Morgan fingerprint density at radius 1 is 1.00 bits per heavy atom. The van der Waals surface area contributed by atoms with Crippen LogP contribution in [0.25, 0.3) is 0 Å². The Bertz CT molecular complexity index is 207. The highest BCUT2D eigenvalue weighted by Crippen LogP contribution is 2.00. The van der Waals surface area contributed by atoms with Gasteiger partial charge >= 0.3 is 0 Å². The van der Waals surface area contributed by atoms with Gasteiger partial charge in [0.2, 0.25) is 6.73 Å². The van der Waals surface area contributed by atoms with Crippen LogP contribution in [0, 0.1) is 0 Å². The lowest BCUT2D eigenvalue weighted by Gasteiger charge is -1.98. The van der Waals surface area contributed by atoms with Crippen molar-refractivity contribution in [3.63, 3.8) is 0 Å². The molecule has 4 nitrogen and oxygen atoms in total. The average molecular weight is 170 g/mol. The normalized spacial score (nSPS) is 10.2. The monoisotopic (exact) mass is 170 g/mol. The van der Waals surface area contributed by atoms with Gasteiger partial charge in [-0.3, -0.25) is 0 Å². The minimum atomic E-state index is -0.152. The van der Waals surface area contributed by atoms with E-state index in [1.165, 1.54) is 4.57 Å². The lowest BCUT2D eigenvalue weighted by atomic mass is 10.2. The van der Waals surface area contributed by atoms with Crippen molar-refractivity contribution in [2.24, 2.45) is 0 Å². The summed E-state index contributed by atoms with van der Waals surface area (Å²) in [6, 6.07) is 1.69. The summed E-state index contributed by atoms with van der Waals surface area (Å²) in [6.07, 6.45) is 3.25. The quantitative estimate of drug-likeness (QED) is 0.505. The summed E-state index contributed by atoms with van der Waals surface area (Å²) in [7, 11) is 0. The molecule has 1 rings (SSSR count). The van der Waals surface area contributed by atoms with Crippen molar-refractivity contribution in [2.45, 2.75) is 19.9 Å². The van der Waals surface area contributed by atoms with Gasteiger partial charge in [0.05, 0.1) is 13.2 Å². The summed E-state index contributed by atoms with van der Waals surface area (Å²) in [4.78, 5) is 0. The number of aromatic nitrogens is 1. The van der Waals surface area contributed by atoms with Crippen molar-refractivity contribution >= 4 is 0 Å². The zero-order chi connectivity index (χ0) is 8.97. The molecule has 0 amide bonds. The van der Waals surface area contributed by atoms with Crippen LogP contribution in [0.1, 0.15) is 11.1 Å². The molecular weight excluding hydrogens is 158 g/mol. The van der Waals surface area contributed by atoms with Crippen molar-refractivity contribution < 1.29 is 19.9 Å². The fraction of sp³-hybridized carbons (Fsp3) is 0.375. The summed E-state index contributed by atoms with van der Waals surface area (Å²) in [5, 5.41) is 26.4. The van der Waals surface area contributed by atoms with Crippen molar-refractivity contribution in [2.75, 3.05) is 0 Å². The predicted molar refractivity (Wildman–Crippen MR) is 40.7 cm³/mol. The minimum Gasteiger partial charge on any atom is -0.391 e. The third-order valence-corrected chi connectivity index (χ3v) is 1.56. The highest BCUT2D eigenvalue weighted by molar-refractivity contribution is 5.13. The van der Waals surface area contributed by atoms with Crippen LogP contribution in [0.15, 0.2) is 18.5 Å². The van der Waals surface area contributed by atoms with Crippen LogP contribution >= 0.6 is 0 Å². The van der Waals surface area contributed by atoms with Crippen LogP contribution in [0.3, 0.4) is 0 Å². The number of aliphatic hydroxyl groups excluding tert-OH is 3. The van der Waals surface area contributed by atoms with E-state index in [9.17, 15) is 0 Å². The summed E-state index contributed by atoms with van der Waals surface area (Å²) in [5.74, 6) is 0. The third-order valence-electron chi connectivity index (χ3n) is 1.56. The molecule has 0 atom stereocenters. The van der Waals surface area contributed by atoms with Crippen LogP contribution in [-0.4, -0.2) is 15.3 Å². The van der Waals surface area contributed by atoms with E-state index in [4.69, 9.17) is 15.3 Å². The Morgan fingerprint density at radius 2 is 1.50 bits per heavy atom. The lowest BCUT2D eigenvalue weighted by molar-refractivity contribution is -0.730. The van der Waals surface area contributed by atoms with Gasteiger partial charge in [-0.2, -0.15) is 4.57 Å². The summed E-state index contributed by atoms with van der Waals surface area (Å²) in [6.45, 7) is -0.331. The number of hydrogen-bond donors (Lipinski definition) is 3. The van der Waals surface area contributed by atoms with Gasteiger partial charge in [0.15, 0.2) is 12.4 Å². The minimum absolute atomic E-state index is 0.0894. The Morgan fingerprint density at radius 3 is 1.83 bits per heavy atom. The first-order valence-electron chi connectivity index (χ1n) is 3.64. The van der Waals surface area contributed by atoms with Gasteiger partial charge in [-0.15, -0.1) is 0 Å². The molecule has 4 heteroatoms. The van der Waals surface area contributed by atoms with Crippen LogP contribution in [0.4, 0.5) is 0 Å². The fourth-order valence-electron chi connectivity index (χ4n) is 1.03. The molecule has 0 fully saturated rings. The van der Waals surface area contributed by atoms with Gasteiger partial charge in [0.1, 0.15) is 0 Å². The number of rotatable bonds is 3. The Kier molecular flexibility index (Phi) is 3.16. The molecule has 0 bridgehead atoms. The van der Waals surface area contributed by atoms with Gasteiger partial charge < -0.3 is 15.3 Å². The summed E-state index contributed by atoms with van der Waals surface area (Å²) in [5.41, 5.74) is 1.35. The molecule has 66 valence electrons. The van der Waals surface area contributed by atoms with Crippen LogP contribution in [-0.2, 0) is 19.9 Å². The molecule has 1 heterocycles. The van der Waals surface area contributed by atoms with Gasteiger partial charge in [0.25, 0.3) is 0 Å². The zero-order valence-electron chi connectivity index (χ0n) is 6.64. The maximum absolute atomic E-state index is 8.80. The SMILES string of the molecule is OCc1cc(CO)c[n+](CO)c1. The van der Waals surface area contributed by atoms with E-state index in [0.29, 0.717) is 11.1 Å². The number of aliphatic hydroxyl groups is 3. The molecular formula is C8H12NO3+. The van der Waals surface area contributed by atoms with Crippen LogP contribution < -0.4 is 4.57 Å². The van der Waals surface area contributed by atoms with Gasteiger partial charge in [-0.25, -0.2) is 0 Å². The molecule has 0 spiro atoms. The van der Waals surface area contributed by atoms with E-state index in [-0.39, 0.29) is 19.9 Å². The van der Waals surface area contributed by atoms with Crippen molar-refractivity contribution in [1.29, 1.82) is 0 Å².